The minimum atomic E-state index is -0.293. The van der Waals surface area contributed by atoms with E-state index in [1.165, 1.54) is 61.4 Å². The van der Waals surface area contributed by atoms with Gasteiger partial charge < -0.3 is 9.80 Å². The summed E-state index contributed by atoms with van der Waals surface area (Å²) in [6.07, 6.45) is 0. The Labute approximate surface area is 302 Å². The topological polar surface area (TPSA) is 6.48 Å². The lowest BCUT2D eigenvalue weighted by Gasteiger charge is -2.48. The van der Waals surface area contributed by atoms with E-state index in [0.717, 1.165) is 11.4 Å². The Morgan fingerprint density at radius 2 is 0.843 bits per heavy atom. The summed E-state index contributed by atoms with van der Waals surface area (Å²) in [6.45, 7) is 9.58. The maximum Gasteiger partial charge on any atom is 0.252 e. The average molecular weight is 657 g/mol. The molecule has 0 aromatic heterocycles. The fourth-order valence-electron chi connectivity index (χ4n) is 8.74. The van der Waals surface area contributed by atoms with Crippen LogP contribution in [-0.4, -0.2) is 6.71 Å². The molecule has 2 nitrogen and oxygen atoms in total. The van der Waals surface area contributed by atoms with Crippen molar-refractivity contribution in [3.05, 3.63) is 198 Å². The molecule has 3 heteroatoms. The number of para-hydroxylation sites is 4. The molecule has 2 aliphatic rings. The molecule has 7 aromatic carbocycles. The predicted molar refractivity (Wildman–Crippen MR) is 218 cm³/mol. The van der Waals surface area contributed by atoms with Crippen LogP contribution in [-0.2, 0) is 10.8 Å². The number of hydrogen-bond acceptors (Lipinski definition) is 2. The van der Waals surface area contributed by atoms with Gasteiger partial charge in [0.15, 0.2) is 0 Å². The molecule has 9 rings (SSSR count). The van der Waals surface area contributed by atoms with Crippen molar-refractivity contribution >= 4 is 57.2 Å². The van der Waals surface area contributed by atoms with Gasteiger partial charge in [0.1, 0.15) is 0 Å². The van der Waals surface area contributed by atoms with E-state index in [1.54, 1.807) is 0 Å². The molecule has 0 unspecified atom stereocenters. The quantitative estimate of drug-likeness (QED) is 0.164. The monoisotopic (exact) mass is 656 g/mol. The van der Waals surface area contributed by atoms with Gasteiger partial charge in [-0.2, -0.15) is 0 Å². The molecular formula is C48H41BN2. The van der Waals surface area contributed by atoms with Crippen LogP contribution in [0.15, 0.2) is 176 Å². The van der Waals surface area contributed by atoms with Gasteiger partial charge in [-0.25, -0.2) is 0 Å². The second-order valence-corrected chi connectivity index (χ2v) is 15.0. The van der Waals surface area contributed by atoms with Crippen molar-refractivity contribution in [1.82, 2.24) is 0 Å². The summed E-state index contributed by atoms with van der Waals surface area (Å²) in [6, 6.07) is 64.8. The predicted octanol–water partition coefficient (Wildman–Crippen LogP) is 10.4. The zero-order valence-electron chi connectivity index (χ0n) is 29.7. The van der Waals surface area contributed by atoms with E-state index in [0.29, 0.717) is 0 Å². The van der Waals surface area contributed by atoms with Crippen LogP contribution >= 0.6 is 0 Å². The Bertz CT molecular complexity index is 2370. The van der Waals surface area contributed by atoms with Crippen molar-refractivity contribution in [3.8, 4) is 0 Å². The van der Waals surface area contributed by atoms with Crippen LogP contribution in [0.4, 0.5) is 34.1 Å². The molecule has 2 aliphatic heterocycles. The van der Waals surface area contributed by atoms with Gasteiger partial charge in [-0.3, -0.25) is 0 Å². The second kappa shape index (κ2) is 11.9. The van der Waals surface area contributed by atoms with E-state index in [1.807, 2.05) is 0 Å². The Morgan fingerprint density at radius 1 is 0.373 bits per heavy atom. The number of anilines is 6. The molecule has 0 spiro atoms. The van der Waals surface area contributed by atoms with E-state index in [4.69, 9.17) is 0 Å². The van der Waals surface area contributed by atoms with Gasteiger partial charge in [-0.05, 0) is 75.0 Å². The molecule has 0 radical (unpaired) electrons. The van der Waals surface area contributed by atoms with Crippen LogP contribution in [0.1, 0.15) is 49.9 Å². The molecule has 0 amide bonds. The largest absolute Gasteiger partial charge is 0.311 e. The van der Waals surface area contributed by atoms with Gasteiger partial charge in [-0.1, -0.05) is 167 Å². The first kappa shape index (κ1) is 31.2. The van der Waals surface area contributed by atoms with Gasteiger partial charge in [0.05, 0.1) is 0 Å². The van der Waals surface area contributed by atoms with Gasteiger partial charge in [-0.15, -0.1) is 0 Å². The van der Waals surface area contributed by atoms with Crippen LogP contribution in [0.25, 0.3) is 0 Å². The summed E-state index contributed by atoms with van der Waals surface area (Å²) in [4.78, 5) is 5.09. The van der Waals surface area contributed by atoms with E-state index >= 15 is 0 Å². The van der Waals surface area contributed by atoms with Gasteiger partial charge in [0.25, 0.3) is 6.71 Å². The van der Waals surface area contributed by atoms with Crippen LogP contribution in [0.5, 0.6) is 0 Å². The van der Waals surface area contributed by atoms with Gasteiger partial charge in [0, 0.05) is 45.0 Å². The maximum atomic E-state index is 2.61. The molecule has 0 N–H and O–H groups in total. The molecule has 2 heterocycles. The highest BCUT2D eigenvalue weighted by Crippen LogP contribution is 2.51. The lowest BCUT2D eigenvalue weighted by molar-refractivity contribution is 0.637. The third kappa shape index (κ3) is 4.79. The Kier molecular flexibility index (Phi) is 7.29. The standard InChI is InChI=1S/C48H41BN2/c1-47(2,34-20-9-5-10-21-34)38-28-19-30-41-45(38)51(37-26-15-8-16-27-37)46-39(48(3,4)35-22-11-6-12-23-35)32-33-43-44(46)49(41)40-29-17-18-31-42(40)50(43)36-24-13-7-14-25-36/h5-33H,1-4H3. The molecule has 0 saturated heterocycles. The minimum Gasteiger partial charge on any atom is -0.311 e. The van der Waals surface area contributed by atoms with Crippen LogP contribution in [0.3, 0.4) is 0 Å². The highest BCUT2D eigenvalue weighted by Gasteiger charge is 2.47. The van der Waals surface area contributed by atoms with Gasteiger partial charge in [0.2, 0.25) is 0 Å². The molecular weight excluding hydrogens is 615 g/mol. The molecule has 246 valence electrons. The van der Waals surface area contributed by atoms with Crippen molar-refractivity contribution < 1.29 is 0 Å². The van der Waals surface area contributed by atoms with Crippen molar-refractivity contribution in [1.29, 1.82) is 0 Å². The second-order valence-electron chi connectivity index (χ2n) is 15.0. The van der Waals surface area contributed by atoms with Crippen molar-refractivity contribution in [3.63, 3.8) is 0 Å². The molecule has 0 atom stereocenters. The van der Waals surface area contributed by atoms with E-state index in [9.17, 15) is 0 Å². The first-order valence-corrected chi connectivity index (χ1v) is 18.1. The summed E-state index contributed by atoms with van der Waals surface area (Å²) >= 11 is 0. The molecule has 0 bridgehead atoms. The first-order chi connectivity index (χ1) is 24.9. The zero-order valence-corrected chi connectivity index (χ0v) is 29.7. The fourth-order valence-corrected chi connectivity index (χ4v) is 8.74. The third-order valence-electron chi connectivity index (χ3n) is 11.4. The van der Waals surface area contributed by atoms with E-state index in [-0.39, 0.29) is 17.5 Å². The minimum absolute atomic E-state index is 0.0409. The smallest absolute Gasteiger partial charge is 0.252 e. The zero-order chi connectivity index (χ0) is 34.7. The number of rotatable bonds is 6. The van der Waals surface area contributed by atoms with E-state index in [2.05, 4.69) is 213 Å². The average Bonchev–Trinajstić information content (AvgIpc) is 3.18. The summed E-state index contributed by atoms with van der Waals surface area (Å²) in [5.41, 5.74) is 16.0. The summed E-state index contributed by atoms with van der Waals surface area (Å²) < 4.78 is 0. The number of hydrogen-bond donors (Lipinski definition) is 0. The molecule has 0 saturated carbocycles. The third-order valence-corrected chi connectivity index (χ3v) is 11.4. The lowest BCUT2D eigenvalue weighted by Crippen LogP contribution is -2.62. The van der Waals surface area contributed by atoms with E-state index < -0.39 is 0 Å². The van der Waals surface area contributed by atoms with Gasteiger partial charge >= 0.3 is 0 Å². The first-order valence-electron chi connectivity index (χ1n) is 18.1. The summed E-state index contributed by atoms with van der Waals surface area (Å²) in [7, 11) is 0. The molecule has 7 aromatic rings. The van der Waals surface area contributed by atoms with Crippen molar-refractivity contribution in [2.45, 2.75) is 38.5 Å². The summed E-state index contributed by atoms with van der Waals surface area (Å²) in [5.74, 6) is 0. The van der Waals surface area contributed by atoms with Crippen LogP contribution < -0.4 is 26.2 Å². The normalized spacial score (nSPS) is 13.4. The van der Waals surface area contributed by atoms with Crippen LogP contribution in [0.2, 0.25) is 0 Å². The fraction of sp³-hybridized carbons (Fsp3) is 0.125. The van der Waals surface area contributed by atoms with Crippen molar-refractivity contribution in [2.75, 3.05) is 9.80 Å². The molecule has 0 fully saturated rings. The highest BCUT2D eigenvalue weighted by atomic mass is 15.2. The number of benzene rings is 7. The Balaban J connectivity index is 1.45. The molecule has 0 aliphatic carbocycles. The Hall–Kier alpha value is -5.80. The van der Waals surface area contributed by atoms with Crippen LogP contribution in [0, 0.1) is 0 Å². The Morgan fingerprint density at radius 3 is 1.43 bits per heavy atom. The SMILES string of the molecule is CC(C)(c1ccccc1)c1cccc2c1N(c1ccccc1)c1c(C(C)(C)c3ccccc3)ccc3c1B2c1ccccc1N3c1ccccc1. The number of nitrogens with zero attached hydrogens (tertiary/aromatic N) is 2. The van der Waals surface area contributed by atoms with Crippen molar-refractivity contribution in [2.24, 2.45) is 0 Å². The lowest BCUT2D eigenvalue weighted by atomic mass is 9.33. The molecule has 51 heavy (non-hydrogen) atoms. The summed E-state index contributed by atoms with van der Waals surface area (Å²) in [5, 5.41) is 0. The number of fused-ring (bicyclic) bond motifs is 4. The highest BCUT2D eigenvalue weighted by molar-refractivity contribution is 7.00. The maximum absolute atomic E-state index is 2.61.